The number of halogens is 1. The Morgan fingerprint density at radius 3 is 2.80 bits per heavy atom. The zero-order chi connectivity index (χ0) is 14.8. The van der Waals surface area contributed by atoms with Crippen molar-refractivity contribution in [1.82, 2.24) is 4.31 Å². The first-order chi connectivity index (χ1) is 9.45. The molecule has 1 atom stereocenters. The molecular weight excluding hydrogens is 302 g/mol. The van der Waals surface area contributed by atoms with Crippen molar-refractivity contribution >= 4 is 21.6 Å². The number of sulfonamides is 1. The maximum atomic E-state index is 12.4. The van der Waals surface area contributed by atoms with Gasteiger partial charge in [-0.15, -0.1) is 0 Å². The normalized spacial score (nSPS) is 19.5. The summed E-state index contributed by atoms with van der Waals surface area (Å²) in [6.07, 6.45) is 1.85. The van der Waals surface area contributed by atoms with Gasteiger partial charge in [-0.1, -0.05) is 11.6 Å². The van der Waals surface area contributed by atoms with Crippen molar-refractivity contribution in [2.24, 2.45) is 0 Å². The molecule has 1 aromatic carbocycles. The van der Waals surface area contributed by atoms with Gasteiger partial charge < -0.3 is 9.47 Å². The van der Waals surface area contributed by atoms with Crippen LogP contribution in [-0.4, -0.2) is 46.1 Å². The molecule has 5 nitrogen and oxygen atoms in total. The molecule has 1 fully saturated rings. The van der Waals surface area contributed by atoms with E-state index in [1.54, 1.807) is 13.1 Å². The van der Waals surface area contributed by atoms with E-state index in [2.05, 4.69) is 0 Å². The summed E-state index contributed by atoms with van der Waals surface area (Å²) in [5.74, 6) is 0.451. The second-order valence-corrected chi connectivity index (χ2v) is 7.17. The Hall–Kier alpha value is -0.820. The minimum atomic E-state index is -3.56. The second-order valence-electron chi connectivity index (χ2n) is 4.72. The molecule has 0 saturated carbocycles. The van der Waals surface area contributed by atoms with Crippen molar-refractivity contribution in [2.75, 3.05) is 27.3 Å². The number of methoxy groups -OCH3 is 1. The predicted molar refractivity (Wildman–Crippen MR) is 76.8 cm³/mol. The van der Waals surface area contributed by atoms with E-state index in [1.807, 2.05) is 0 Å². The van der Waals surface area contributed by atoms with E-state index in [0.717, 1.165) is 12.8 Å². The highest BCUT2D eigenvalue weighted by Crippen LogP contribution is 2.28. The minimum Gasteiger partial charge on any atom is -0.495 e. The fourth-order valence-electron chi connectivity index (χ4n) is 2.16. The molecule has 1 aliphatic rings. The van der Waals surface area contributed by atoms with Crippen molar-refractivity contribution in [3.8, 4) is 5.75 Å². The summed E-state index contributed by atoms with van der Waals surface area (Å²) < 4.78 is 36.7. The van der Waals surface area contributed by atoms with Crippen LogP contribution in [0.3, 0.4) is 0 Å². The molecule has 1 heterocycles. The maximum Gasteiger partial charge on any atom is 0.242 e. The molecule has 0 amide bonds. The average Bonchev–Trinajstić information content (AvgIpc) is 2.91. The van der Waals surface area contributed by atoms with E-state index in [4.69, 9.17) is 21.1 Å². The molecule has 112 valence electrons. The lowest BCUT2D eigenvalue weighted by Crippen LogP contribution is -2.34. The first-order valence-electron chi connectivity index (χ1n) is 6.36. The number of rotatable bonds is 5. The van der Waals surface area contributed by atoms with Crippen molar-refractivity contribution in [1.29, 1.82) is 0 Å². The number of hydrogen-bond donors (Lipinski definition) is 0. The van der Waals surface area contributed by atoms with Crippen LogP contribution >= 0.6 is 11.6 Å². The van der Waals surface area contributed by atoms with Gasteiger partial charge in [0.25, 0.3) is 0 Å². The predicted octanol–water partition coefficient (Wildman–Crippen LogP) is 2.15. The third-order valence-corrected chi connectivity index (χ3v) is 5.43. The zero-order valence-corrected chi connectivity index (χ0v) is 13.1. The van der Waals surface area contributed by atoms with Crippen LogP contribution in [0.25, 0.3) is 0 Å². The van der Waals surface area contributed by atoms with Crippen LogP contribution < -0.4 is 4.74 Å². The van der Waals surface area contributed by atoms with Crippen LogP contribution in [0.15, 0.2) is 23.1 Å². The molecule has 20 heavy (non-hydrogen) atoms. The Bertz CT molecular complexity index is 570. The SMILES string of the molecule is COc1ccc(S(=O)(=O)N(C)CC2CCCO2)cc1Cl. The Morgan fingerprint density at radius 1 is 1.50 bits per heavy atom. The summed E-state index contributed by atoms with van der Waals surface area (Å²) in [5.41, 5.74) is 0. The lowest BCUT2D eigenvalue weighted by atomic mass is 10.2. The molecule has 0 spiro atoms. The largest absolute Gasteiger partial charge is 0.495 e. The molecule has 1 saturated heterocycles. The third kappa shape index (κ3) is 3.25. The molecule has 0 aliphatic carbocycles. The smallest absolute Gasteiger partial charge is 0.242 e. The highest BCUT2D eigenvalue weighted by atomic mass is 35.5. The maximum absolute atomic E-state index is 12.4. The van der Waals surface area contributed by atoms with E-state index in [-0.39, 0.29) is 16.0 Å². The van der Waals surface area contributed by atoms with Gasteiger partial charge >= 0.3 is 0 Å². The van der Waals surface area contributed by atoms with Crippen molar-refractivity contribution in [3.05, 3.63) is 23.2 Å². The summed E-state index contributed by atoms with van der Waals surface area (Å²) in [6, 6.07) is 4.45. The fourth-order valence-corrected chi connectivity index (χ4v) is 3.71. The quantitative estimate of drug-likeness (QED) is 0.834. The van der Waals surface area contributed by atoms with Crippen LogP contribution in [0.4, 0.5) is 0 Å². The lowest BCUT2D eigenvalue weighted by molar-refractivity contribution is 0.0979. The highest BCUT2D eigenvalue weighted by molar-refractivity contribution is 7.89. The van der Waals surface area contributed by atoms with Crippen molar-refractivity contribution < 1.29 is 17.9 Å². The van der Waals surface area contributed by atoms with Gasteiger partial charge in [0.1, 0.15) is 5.75 Å². The number of ether oxygens (including phenoxy) is 2. The van der Waals surface area contributed by atoms with E-state index in [1.165, 1.54) is 23.5 Å². The number of hydrogen-bond acceptors (Lipinski definition) is 4. The molecule has 1 aliphatic heterocycles. The second kappa shape index (κ2) is 6.30. The van der Waals surface area contributed by atoms with Gasteiger partial charge in [-0.05, 0) is 31.0 Å². The average molecular weight is 320 g/mol. The standard InChI is InChI=1S/C13H18ClNO4S/c1-15(9-10-4-3-7-19-10)20(16,17)11-5-6-13(18-2)12(14)8-11/h5-6,8,10H,3-4,7,9H2,1-2H3. The highest BCUT2D eigenvalue weighted by Gasteiger charge is 2.26. The van der Waals surface area contributed by atoms with E-state index < -0.39 is 10.0 Å². The molecule has 7 heteroatoms. The summed E-state index contributed by atoms with van der Waals surface area (Å²) in [6.45, 7) is 1.05. The fraction of sp³-hybridized carbons (Fsp3) is 0.538. The number of nitrogens with zero attached hydrogens (tertiary/aromatic N) is 1. The molecular formula is C13H18ClNO4S. The summed E-state index contributed by atoms with van der Waals surface area (Å²) in [4.78, 5) is 0.156. The van der Waals surface area contributed by atoms with Crippen molar-refractivity contribution in [3.63, 3.8) is 0 Å². The first kappa shape index (κ1) is 15.6. The van der Waals surface area contributed by atoms with Crippen LogP contribution in [0, 0.1) is 0 Å². The monoisotopic (exact) mass is 319 g/mol. The number of likely N-dealkylation sites (N-methyl/N-ethyl adjacent to an activating group) is 1. The van der Waals surface area contributed by atoms with Crippen LogP contribution in [0.5, 0.6) is 5.75 Å². The molecule has 1 aromatic rings. The Morgan fingerprint density at radius 2 is 2.25 bits per heavy atom. The van der Waals surface area contributed by atoms with E-state index >= 15 is 0 Å². The van der Waals surface area contributed by atoms with Crippen LogP contribution in [0.1, 0.15) is 12.8 Å². The van der Waals surface area contributed by atoms with Crippen LogP contribution in [-0.2, 0) is 14.8 Å². The van der Waals surface area contributed by atoms with Gasteiger partial charge in [0, 0.05) is 20.2 Å². The topological polar surface area (TPSA) is 55.8 Å². The lowest BCUT2D eigenvalue weighted by Gasteiger charge is -2.20. The zero-order valence-electron chi connectivity index (χ0n) is 11.5. The molecule has 0 bridgehead atoms. The summed E-state index contributed by atoms with van der Waals surface area (Å²) in [5, 5.41) is 0.277. The molecule has 0 radical (unpaired) electrons. The Balaban J connectivity index is 2.18. The van der Waals surface area contributed by atoms with Gasteiger partial charge in [0.2, 0.25) is 10.0 Å². The van der Waals surface area contributed by atoms with Gasteiger partial charge in [-0.25, -0.2) is 8.42 Å². The molecule has 0 aromatic heterocycles. The van der Waals surface area contributed by atoms with Gasteiger partial charge in [-0.2, -0.15) is 4.31 Å². The van der Waals surface area contributed by atoms with Crippen molar-refractivity contribution in [2.45, 2.75) is 23.8 Å². The first-order valence-corrected chi connectivity index (χ1v) is 8.18. The third-order valence-electron chi connectivity index (χ3n) is 3.32. The summed E-state index contributed by atoms with van der Waals surface area (Å²) >= 11 is 5.98. The van der Waals surface area contributed by atoms with E-state index in [9.17, 15) is 8.42 Å². The van der Waals surface area contributed by atoms with Crippen LogP contribution in [0.2, 0.25) is 5.02 Å². The van der Waals surface area contributed by atoms with Gasteiger partial charge in [0.15, 0.2) is 0 Å². The Kier molecular flexibility index (Phi) is 4.90. The van der Waals surface area contributed by atoms with Gasteiger partial charge in [-0.3, -0.25) is 0 Å². The Labute approximate surface area is 124 Å². The molecule has 0 N–H and O–H groups in total. The summed E-state index contributed by atoms with van der Waals surface area (Å²) in [7, 11) is -0.525. The number of benzene rings is 1. The van der Waals surface area contributed by atoms with E-state index in [0.29, 0.717) is 18.9 Å². The molecule has 1 unspecified atom stereocenters. The molecule has 2 rings (SSSR count). The van der Waals surface area contributed by atoms with Gasteiger partial charge in [0.05, 0.1) is 23.1 Å². The minimum absolute atomic E-state index is 0.0245.